The molecule has 0 aromatic carbocycles. The van der Waals surface area contributed by atoms with Crippen molar-refractivity contribution in [3.63, 3.8) is 0 Å². The fraction of sp³-hybridized carbons (Fsp3) is 0.200. The molecule has 1 unspecified atom stereocenters. The largest absolute Gasteiger partial charge is 0.364 e. The van der Waals surface area contributed by atoms with Crippen LogP contribution >= 0.6 is 11.8 Å². The predicted octanol–water partition coefficient (Wildman–Crippen LogP) is -0.585. The van der Waals surface area contributed by atoms with Gasteiger partial charge in [0, 0.05) is 6.20 Å². The molecule has 4 nitrogen and oxygen atoms in total. The second-order valence-corrected chi connectivity index (χ2v) is 2.77. The summed E-state index contributed by atoms with van der Waals surface area (Å²) in [5, 5.41) is 1.32. The van der Waals surface area contributed by atoms with E-state index in [1.807, 2.05) is 0 Å². The maximum atomic E-state index is 10.5. The van der Waals surface area contributed by atoms with Crippen LogP contribution < -0.4 is 11.5 Å². The number of nitrogens with two attached hydrogens (primary N) is 2. The van der Waals surface area contributed by atoms with E-state index in [0.29, 0.717) is 0 Å². The fourth-order valence-corrected chi connectivity index (χ4v) is 1.18. The minimum absolute atomic E-state index is 0.229. The Morgan fingerprint density at radius 2 is 2.50 bits per heavy atom. The second kappa shape index (κ2) is 2.85. The first-order chi connectivity index (χ1) is 4.72. The summed E-state index contributed by atoms with van der Waals surface area (Å²) in [5.74, 6) is -0.552. The number of thioether (sulfide) groups is 1. The number of carbonyl (C=O) groups is 1. The molecule has 0 bridgehead atoms. The number of hydrogen-bond acceptors (Lipinski definition) is 4. The highest BCUT2D eigenvalue weighted by molar-refractivity contribution is 8.03. The lowest BCUT2D eigenvalue weighted by Crippen LogP contribution is -2.38. The molecule has 0 aromatic heterocycles. The lowest BCUT2D eigenvalue weighted by Gasteiger charge is -2.10. The summed E-state index contributed by atoms with van der Waals surface area (Å²) in [5.41, 5.74) is 10.6. The second-order valence-electron chi connectivity index (χ2n) is 1.72. The zero-order valence-corrected chi connectivity index (χ0v) is 5.97. The predicted molar refractivity (Wildman–Crippen MR) is 41.3 cm³/mol. The van der Waals surface area contributed by atoms with Crippen LogP contribution in [0.5, 0.6) is 0 Å². The van der Waals surface area contributed by atoms with Crippen molar-refractivity contribution in [2.75, 3.05) is 0 Å². The van der Waals surface area contributed by atoms with Gasteiger partial charge in [-0.1, -0.05) is 0 Å². The number of hydrogen-bond donors (Lipinski definition) is 2. The van der Waals surface area contributed by atoms with Gasteiger partial charge in [0.05, 0.1) is 0 Å². The summed E-state index contributed by atoms with van der Waals surface area (Å²) in [6, 6.07) is 0. The molecule has 0 spiro atoms. The van der Waals surface area contributed by atoms with Crippen molar-refractivity contribution in [2.24, 2.45) is 16.5 Å². The zero-order chi connectivity index (χ0) is 7.56. The van der Waals surface area contributed by atoms with Crippen LogP contribution in [0, 0.1) is 0 Å². The molecule has 1 atom stereocenters. The van der Waals surface area contributed by atoms with Crippen LogP contribution in [-0.4, -0.2) is 17.0 Å². The van der Waals surface area contributed by atoms with E-state index < -0.39 is 11.3 Å². The van der Waals surface area contributed by atoms with Gasteiger partial charge in [0.1, 0.15) is 11.1 Å². The minimum Gasteiger partial charge on any atom is -0.364 e. The fourth-order valence-electron chi connectivity index (χ4n) is 0.572. The van der Waals surface area contributed by atoms with Gasteiger partial charge in [-0.25, -0.2) is 0 Å². The molecule has 0 aliphatic carbocycles. The third kappa shape index (κ3) is 1.37. The van der Waals surface area contributed by atoms with Gasteiger partial charge < -0.3 is 11.5 Å². The average molecular weight is 157 g/mol. The summed E-state index contributed by atoms with van der Waals surface area (Å²) in [6.45, 7) is 0. The molecule has 1 aliphatic rings. The lowest BCUT2D eigenvalue weighted by atomic mass is 10.3. The van der Waals surface area contributed by atoms with E-state index in [4.69, 9.17) is 11.5 Å². The van der Waals surface area contributed by atoms with Crippen LogP contribution in [0.15, 0.2) is 16.6 Å². The van der Waals surface area contributed by atoms with Gasteiger partial charge in [-0.05, 0) is 5.41 Å². The maximum absolute atomic E-state index is 10.5. The van der Waals surface area contributed by atoms with E-state index in [9.17, 15) is 4.79 Å². The summed E-state index contributed by atoms with van der Waals surface area (Å²) < 4.78 is 0. The molecule has 1 rings (SSSR count). The quantitative estimate of drug-likeness (QED) is 0.534. The Hall–Kier alpha value is -0.810. The summed E-state index contributed by atoms with van der Waals surface area (Å²) >= 11 is 1.32. The van der Waals surface area contributed by atoms with Gasteiger partial charge in [-0.2, -0.15) is 0 Å². The molecular weight excluding hydrogens is 150 g/mol. The Kier molecular flexibility index (Phi) is 2.08. The average Bonchev–Trinajstić information content (AvgIpc) is 1.88. The third-order valence-corrected chi connectivity index (χ3v) is 1.82. The van der Waals surface area contributed by atoms with Crippen molar-refractivity contribution in [2.45, 2.75) is 5.37 Å². The standard InChI is InChI=1S/C5H7N3OS/c6-4(9)3-5(7)10-2-1-8-3/h1-2,5H,7H2,(H2,6,9). The van der Waals surface area contributed by atoms with Gasteiger partial charge in [0.15, 0.2) is 0 Å². The molecule has 0 aromatic rings. The monoisotopic (exact) mass is 157 g/mol. The van der Waals surface area contributed by atoms with Crippen molar-refractivity contribution in [1.82, 2.24) is 0 Å². The van der Waals surface area contributed by atoms with Crippen molar-refractivity contribution in [1.29, 1.82) is 0 Å². The number of aliphatic imine (C=N–C) groups is 1. The summed E-state index contributed by atoms with van der Waals surface area (Å²) in [4.78, 5) is 14.3. The topological polar surface area (TPSA) is 81.5 Å². The molecule has 1 heterocycles. The van der Waals surface area contributed by atoms with Gasteiger partial charge in [-0.3, -0.25) is 9.79 Å². The molecular formula is C5H7N3OS. The Labute approximate surface area is 62.4 Å². The van der Waals surface area contributed by atoms with Crippen LogP contribution in [0.3, 0.4) is 0 Å². The van der Waals surface area contributed by atoms with Gasteiger partial charge in [-0.15, -0.1) is 11.8 Å². The first-order valence-corrected chi connectivity index (χ1v) is 3.59. The Balaban J connectivity index is 2.80. The summed E-state index contributed by atoms with van der Waals surface area (Å²) in [7, 11) is 0. The number of nitrogens with zero attached hydrogens (tertiary/aromatic N) is 1. The highest BCUT2D eigenvalue weighted by Gasteiger charge is 2.17. The van der Waals surface area contributed by atoms with Gasteiger partial charge in [0.2, 0.25) is 0 Å². The van der Waals surface area contributed by atoms with Crippen molar-refractivity contribution >= 4 is 23.4 Å². The number of primary amides is 1. The minimum atomic E-state index is -0.552. The SMILES string of the molecule is NC(=O)C1=NC=CSC1N. The molecule has 54 valence electrons. The zero-order valence-electron chi connectivity index (χ0n) is 5.15. The normalized spacial score (nSPS) is 24.1. The highest BCUT2D eigenvalue weighted by Crippen LogP contribution is 2.13. The number of rotatable bonds is 1. The van der Waals surface area contributed by atoms with E-state index in [0.717, 1.165) is 0 Å². The van der Waals surface area contributed by atoms with Crippen LogP contribution in [0.2, 0.25) is 0 Å². The van der Waals surface area contributed by atoms with Gasteiger partial charge in [0.25, 0.3) is 5.91 Å². The van der Waals surface area contributed by atoms with Crippen LogP contribution in [0.25, 0.3) is 0 Å². The first kappa shape index (κ1) is 7.30. The van der Waals surface area contributed by atoms with Crippen LogP contribution in [0.4, 0.5) is 0 Å². The van der Waals surface area contributed by atoms with E-state index in [1.54, 1.807) is 5.41 Å². The molecule has 0 fully saturated rings. The summed E-state index contributed by atoms with van der Waals surface area (Å²) in [6.07, 6.45) is 1.51. The molecule has 0 saturated heterocycles. The molecule has 4 N–H and O–H groups in total. The third-order valence-electron chi connectivity index (χ3n) is 1.02. The Bertz CT molecular complexity index is 211. The molecule has 1 amide bonds. The van der Waals surface area contributed by atoms with E-state index in [-0.39, 0.29) is 5.71 Å². The molecule has 10 heavy (non-hydrogen) atoms. The molecule has 1 aliphatic heterocycles. The van der Waals surface area contributed by atoms with Crippen LogP contribution in [-0.2, 0) is 4.79 Å². The van der Waals surface area contributed by atoms with Crippen molar-refractivity contribution < 1.29 is 4.79 Å². The van der Waals surface area contributed by atoms with Crippen molar-refractivity contribution in [3.05, 3.63) is 11.6 Å². The molecule has 0 radical (unpaired) electrons. The number of amides is 1. The van der Waals surface area contributed by atoms with E-state index >= 15 is 0 Å². The molecule has 5 heteroatoms. The molecule has 0 saturated carbocycles. The Morgan fingerprint density at radius 1 is 1.80 bits per heavy atom. The van der Waals surface area contributed by atoms with E-state index in [1.165, 1.54) is 18.0 Å². The van der Waals surface area contributed by atoms with Crippen LogP contribution in [0.1, 0.15) is 0 Å². The van der Waals surface area contributed by atoms with Crippen molar-refractivity contribution in [3.8, 4) is 0 Å². The smallest absolute Gasteiger partial charge is 0.265 e. The van der Waals surface area contributed by atoms with Gasteiger partial charge >= 0.3 is 0 Å². The lowest BCUT2D eigenvalue weighted by molar-refractivity contribution is -0.112. The first-order valence-electron chi connectivity index (χ1n) is 2.65. The van der Waals surface area contributed by atoms with E-state index in [2.05, 4.69) is 4.99 Å². The highest BCUT2D eigenvalue weighted by atomic mass is 32.2. The maximum Gasteiger partial charge on any atom is 0.265 e. The Morgan fingerprint density at radius 3 is 2.90 bits per heavy atom. The number of carbonyl (C=O) groups excluding carboxylic acids is 1.